The lowest BCUT2D eigenvalue weighted by molar-refractivity contribution is -0.131. The van der Waals surface area contributed by atoms with Crippen LogP contribution in [0, 0.1) is 0 Å². The molecule has 142 valence electrons. The van der Waals surface area contributed by atoms with Gasteiger partial charge in [-0.25, -0.2) is 0 Å². The van der Waals surface area contributed by atoms with Gasteiger partial charge in [0.05, 0.1) is 17.5 Å². The zero-order valence-corrected chi connectivity index (χ0v) is 17.3. The minimum absolute atomic E-state index is 0. The molecule has 1 atom stereocenters. The third kappa shape index (κ3) is 6.03. The molecule has 8 heteroatoms. The van der Waals surface area contributed by atoms with Crippen LogP contribution in [0.1, 0.15) is 17.3 Å². The van der Waals surface area contributed by atoms with Gasteiger partial charge in [-0.2, -0.15) is 0 Å². The largest absolute Gasteiger partial charge is 0.332 e. The Hall–Kier alpha value is -0.980. The highest BCUT2D eigenvalue weighted by molar-refractivity contribution is 7.99. The molecule has 1 saturated heterocycles. The van der Waals surface area contributed by atoms with Crippen LogP contribution in [0.15, 0.2) is 48.7 Å². The van der Waals surface area contributed by atoms with Gasteiger partial charge < -0.3 is 10.2 Å². The van der Waals surface area contributed by atoms with Gasteiger partial charge in [-0.1, -0.05) is 35.9 Å². The molecule has 2 aromatic rings. The predicted octanol–water partition coefficient (Wildman–Crippen LogP) is 3.98. The number of piperazine rings is 1. The average molecular weight is 435 g/mol. The molecule has 0 spiro atoms. The fraction of sp³-hybridized carbons (Fsp3) is 0.333. The molecule has 26 heavy (non-hydrogen) atoms. The second-order valence-corrected chi connectivity index (χ2v) is 7.04. The van der Waals surface area contributed by atoms with Crippen molar-refractivity contribution in [2.75, 3.05) is 25.4 Å². The summed E-state index contributed by atoms with van der Waals surface area (Å²) >= 11 is 7.94. The van der Waals surface area contributed by atoms with Gasteiger partial charge in [0.25, 0.3) is 0 Å². The van der Waals surface area contributed by atoms with Crippen molar-refractivity contribution in [3.63, 3.8) is 0 Å². The van der Waals surface area contributed by atoms with Crippen LogP contribution >= 0.6 is 48.2 Å². The van der Waals surface area contributed by atoms with E-state index in [0.717, 1.165) is 30.1 Å². The fourth-order valence-corrected chi connectivity index (χ4v) is 3.92. The number of hydrogen-bond donors (Lipinski definition) is 1. The summed E-state index contributed by atoms with van der Waals surface area (Å²) in [7, 11) is 0. The number of nitrogens with one attached hydrogen (secondary N) is 1. The lowest BCUT2D eigenvalue weighted by Crippen LogP contribution is -2.49. The summed E-state index contributed by atoms with van der Waals surface area (Å²) in [6, 6.07) is 13.6. The number of pyridine rings is 1. The molecule has 1 fully saturated rings. The highest BCUT2D eigenvalue weighted by atomic mass is 35.5. The number of nitrogens with zero attached hydrogens (tertiary/aromatic N) is 2. The number of hydrogen-bond acceptors (Lipinski definition) is 4. The molecular formula is C18H22Cl3N3OS. The topological polar surface area (TPSA) is 45.2 Å². The SMILES string of the molecule is Cl.Cl.O=C(CSCc1ccccn1)N1CCNCC1c1ccccc1Cl. The minimum atomic E-state index is -0.00426. The van der Waals surface area contributed by atoms with Crippen LogP contribution in [-0.2, 0) is 10.5 Å². The maximum absolute atomic E-state index is 12.7. The van der Waals surface area contributed by atoms with Crippen molar-refractivity contribution in [3.8, 4) is 0 Å². The number of rotatable bonds is 5. The van der Waals surface area contributed by atoms with Gasteiger partial charge >= 0.3 is 0 Å². The number of thioether (sulfide) groups is 1. The summed E-state index contributed by atoms with van der Waals surface area (Å²) in [6.45, 7) is 2.26. The second-order valence-electron chi connectivity index (χ2n) is 5.64. The fourth-order valence-electron chi connectivity index (χ4n) is 2.84. The first-order chi connectivity index (χ1) is 11.8. The number of aromatic nitrogens is 1. The van der Waals surface area contributed by atoms with Crippen LogP contribution in [0.4, 0.5) is 0 Å². The van der Waals surface area contributed by atoms with Crippen LogP contribution in [0.3, 0.4) is 0 Å². The summed E-state index contributed by atoms with van der Waals surface area (Å²) in [5, 5.41) is 4.07. The molecule has 1 amide bonds. The second kappa shape index (κ2) is 11.7. The van der Waals surface area contributed by atoms with Gasteiger partial charge in [0.15, 0.2) is 0 Å². The Morgan fingerprint density at radius 2 is 2.00 bits per heavy atom. The van der Waals surface area contributed by atoms with Crippen LogP contribution in [0.5, 0.6) is 0 Å². The van der Waals surface area contributed by atoms with E-state index in [1.807, 2.05) is 47.4 Å². The number of halogens is 3. The van der Waals surface area contributed by atoms with Crippen LogP contribution < -0.4 is 5.32 Å². The van der Waals surface area contributed by atoms with E-state index in [1.54, 1.807) is 18.0 Å². The van der Waals surface area contributed by atoms with E-state index in [4.69, 9.17) is 11.6 Å². The Labute approximate surface area is 175 Å². The quantitative estimate of drug-likeness (QED) is 0.773. The van der Waals surface area contributed by atoms with Crippen molar-refractivity contribution in [2.45, 2.75) is 11.8 Å². The zero-order chi connectivity index (χ0) is 16.8. The molecule has 4 nitrogen and oxygen atoms in total. The van der Waals surface area contributed by atoms with E-state index in [2.05, 4.69) is 10.3 Å². The van der Waals surface area contributed by atoms with Crippen molar-refractivity contribution < 1.29 is 4.79 Å². The molecule has 1 aliphatic heterocycles. The Bertz CT molecular complexity index is 690. The van der Waals surface area contributed by atoms with E-state index >= 15 is 0 Å². The van der Waals surface area contributed by atoms with Gasteiger partial charge in [-0.3, -0.25) is 9.78 Å². The Morgan fingerprint density at radius 3 is 2.73 bits per heavy atom. The molecule has 1 unspecified atom stereocenters. The van der Waals surface area contributed by atoms with Crippen molar-refractivity contribution in [1.82, 2.24) is 15.2 Å². The van der Waals surface area contributed by atoms with Crippen molar-refractivity contribution in [2.24, 2.45) is 0 Å². The van der Waals surface area contributed by atoms with Crippen molar-refractivity contribution in [1.29, 1.82) is 0 Å². The van der Waals surface area contributed by atoms with Crippen LogP contribution in [0.25, 0.3) is 0 Å². The highest BCUT2D eigenvalue weighted by Gasteiger charge is 2.28. The highest BCUT2D eigenvalue weighted by Crippen LogP contribution is 2.29. The Morgan fingerprint density at radius 1 is 1.23 bits per heavy atom. The molecule has 1 aliphatic rings. The molecule has 0 radical (unpaired) electrons. The first kappa shape index (κ1) is 23.1. The molecule has 0 saturated carbocycles. The molecule has 3 rings (SSSR count). The number of carbonyl (C=O) groups is 1. The monoisotopic (exact) mass is 433 g/mol. The first-order valence-corrected chi connectivity index (χ1v) is 9.51. The Kier molecular flexibility index (Phi) is 10.4. The third-order valence-electron chi connectivity index (χ3n) is 4.03. The van der Waals surface area contributed by atoms with E-state index in [9.17, 15) is 4.79 Å². The summed E-state index contributed by atoms with van der Waals surface area (Å²) in [6.07, 6.45) is 1.78. The van der Waals surface area contributed by atoms with E-state index < -0.39 is 0 Å². The van der Waals surface area contributed by atoms with Gasteiger partial charge in [-0.15, -0.1) is 36.6 Å². The van der Waals surface area contributed by atoms with E-state index in [0.29, 0.717) is 17.3 Å². The normalized spacial score (nSPS) is 16.3. The maximum Gasteiger partial charge on any atom is 0.233 e. The first-order valence-electron chi connectivity index (χ1n) is 7.98. The van der Waals surface area contributed by atoms with Crippen molar-refractivity contribution in [3.05, 3.63) is 64.9 Å². The average Bonchev–Trinajstić information content (AvgIpc) is 2.63. The minimum Gasteiger partial charge on any atom is -0.332 e. The lowest BCUT2D eigenvalue weighted by atomic mass is 10.0. The maximum atomic E-state index is 12.7. The standard InChI is InChI=1S/C18H20ClN3OS.2ClH/c19-16-7-2-1-6-15(16)17-11-20-9-10-22(17)18(23)13-24-12-14-5-3-4-8-21-14;;/h1-8,17,20H,9-13H2;2*1H. The lowest BCUT2D eigenvalue weighted by Gasteiger charge is -2.37. The van der Waals surface area contributed by atoms with Crippen molar-refractivity contribution >= 4 is 54.1 Å². The van der Waals surface area contributed by atoms with Gasteiger partial charge in [0.1, 0.15) is 0 Å². The molecular weight excluding hydrogens is 413 g/mol. The van der Waals surface area contributed by atoms with E-state index in [-0.39, 0.29) is 36.8 Å². The van der Waals surface area contributed by atoms with Gasteiger partial charge in [0, 0.05) is 36.6 Å². The van der Waals surface area contributed by atoms with Crippen LogP contribution in [-0.4, -0.2) is 41.2 Å². The molecule has 1 aromatic heterocycles. The van der Waals surface area contributed by atoms with Gasteiger partial charge in [-0.05, 0) is 23.8 Å². The molecule has 2 heterocycles. The van der Waals surface area contributed by atoms with Gasteiger partial charge in [0.2, 0.25) is 5.91 Å². The summed E-state index contributed by atoms with van der Waals surface area (Å²) < 4.78 is 0. The Balaban J connectivity index is 0.00000169. The smallest absolute Gasteiger partial charge is 0.233 e. The van der Waals surface area contributed by atoms with Crippen LogP contribution in [0.2, 0.25) is 5.02 Å². The molecule has 1 N–H and O–H groups in total. The molecule has 0 bridgehead atoms. The third-order valence-corrected chi connectivity index (χ3v) is 5.32. The predicted molar refractivity (Wildman–Crippen MR) is 114 cm³/mol. The van der Waals surface area contributed by atoms with E-state index in [1.165, 1.54) is 0 Å². The summed E-state index contributed by atoms with van der Waals surface area (Å²) in [5.74, 6) is 1.36. The summed E-state index contributed by atoms with van der Waals surface area (Å²) in [5.41, 5.74) is 2.01. The molecule has 1 aromatic carbocycles. The summed E-state index contributed by atoms with van der Waals surface area (Å²) in [4.78, 5) is 18.9. The number of carbonyl (C=O) groups excluding carboxylic acids is 1. The zero-order valence-electron chi connectivity index (χ0n) is 14.1. The number of amides is 1. The number of benzene rings is 1. The molecule has 0 aliphatic carbocycles.